The second-order valence-corrected chi connectivity index (χ2v) is 2.99. The Balaban J connectivity index is 2.49. The Hall–Kier alpha value is -1.52. The molecule has 14 heavy (non-hydrogen) atoms. The normalized spacial score (nSPS) is 9.93. The highest BCUT2D eigenvalue weighted by molar-refractivity contribution is 5.67. The van der Waals surface area contributed by atoms with Crippen LogP contribution in [-0.4, -0.2) is 22.9 Å². The van der Waals surface area contributed by atoms with Gasteiger partial charge in [-0.3, -0.25) is 5.10 Å². The molecule has 0 fully saturated rings. The zero-order chi connectivity index (χ0) is 10.6. The first-order chi connectivity index (χ1) is 6.65. The Bertz CT molecular complexity index is 300. The van der Waals surface area contributed by atoms with Gasteiger partial charge in [0.25, 0.3) is 0 Å². The van der Waals surface area contributed by atoms with Crippen molar-refractivity contribution in [2.24, 2.45) is 0 Å². The number of H-pyrrole nitrogens is 1. The van der Waals surface area contributed by atoms with Gasteiger partial charge in [0, 0.05) is 17.8 Å². The fraction of sp³-hybridized carbons (Fsp3) is 0.556. The highest BCUT2D eigenvalue weighted by atomic mass is 16.5. The first-order valence-electron chi connectivity index (χ1n) is 4.56. The largest absolute Gasteiger partial charge is 0.450 e. The molecule has 5 nitrogen and oxygen atoms in total. The molecular formula is C9H15N3O2. The third-order valence-electron chi connectivity index (χ3n) is 1.97. The number of ether oxygens (including phenoxy) is 1. The van der Waals surface area contributed by atoms with Gasteiger partial charge in [-0.2, -0.15) is 5.10 Å². The quantitative estimate of drug-likeness (QED) is 0.766. The van der Waals surface area contributed by atoms with Gasteiger partial charge in [0.2, 0.25) is 0 Å². The predicted molar refractivity (Wildman–Crippen MR) is 51.9 cm³/mol. The van der Waals surface area contributed by atoms with Crippen LogP contribution in [-0.2, 0) is 11.3 Å². The summed E-state index contributed by atoms with van der Waals surface area (Å²) in [4.78, 5) is 11.0. The number of aryl methyl sites for hydroxylation is 2. The summed E-state index contributed by atoms with van der Waals surface area (Å²) >= 11 is 0. The number of nitrogens with one attached hydrogen (secondary N) is 2. The number of carbonyl (C=O) groups excluding carboxylic acids is 1. The second-order valence-electron chi connectivity index (χ2n) is 2.99. The van der Waals surface area contributed by atoms with Crippen molar-refractivity contribution in [1.82, 2.24) is 15.5 Å². The lowest BCUT2D eigenvalue weighted by Crippen LogP contribution is -2.24. The molecule has 0 spiro atoms. The fourth-order valence-electron chi connectivity index (χ4n) is 1.18. The molecule has 1 rings (SSSR count). The van der Waals surface area contributed by atoms with Crippen LogP contribution in [0.5, 0.6) is 0 Å². The average Bonchev–Trinajstić information content (AvgIpc) is 2.44. The van der Waals surface area contributed by atoms with Gasteiger partial charge in [0.1, 0.15) is 0 Å². The number of rotatable bonds is 3. The van der Waals surface area contributed by atoms with Crippen LogP contribution in [0.2, 0.25) is 0 Å². The number of alkyl carbamates (subject to hydrolysis) is 1. The molecule has 1 aromatic rings. The van der Waals surface area contributed by atoms with E-state index in [0.717, 1.165) is 17.0 Å². The Morgan fingerprint density at radius 2 is 2.29 bits per heavy atom. The Morgan fingerprint density at radius 1 is 1.57 bits per heavy atom. The summed E-state index contributed by atoms with van der Waals surface area (Å²) in [6, 6.07) is 0. The van der Waals surface area contributed by atoms with Gasteiger partial charge in [0.15, 0.2) is 0 Å². The smallest absolute Gasteiger partial charge is 0.407 e. The van der Waals surface area contributed by atoms with Gasteiger partial charge in [-0.05, 0) is 20.8 Å². The van der Waals surface area contributed by atoms with E-state index >= 15 is 0 Å². The van der Waals surface area contributed by atoms with Crippen LogP contribution in [0.15, 0.2) is 0 Å². The summed E-state index contributed by atoms with van der Waals surface area (Å²) in [7, 11) is 0. The summed E-state index contributed by atoms with van der Waals surface area (Å²) in [6.07, 6.45) is -0.396. The molecule has 0 atom stereocenters. The number of nitrogens with zero attached hydrogens (tertiary/aromatic N) is 1. The van der Waals surface area contributed by atoms with Crippen molar-refractivity contribution in [3.8, 4) is 0 Å². The Labute approximate surface area is 82.8 Å². The van der Waals surface area contributed by atoms with E-state index in [1.54, 1.807) is 6.92 Å². The van der Waals surface area contributed by atoms with Gasteiger partial charge in [0.05, 0.1) is 12.3 Å². The van der Waals surface area contributed by atoms with Crippen LogP contribution in [0.1, 0.15) is 23.9 Å². The van der Waals surface area contributed by atoms with Crippen LogP contribution in [0.3, 0.4) is 0 Å². The summed E-state index contributed by atoms with van der Waals surface area (Å²) < 4.78 is 4.74. The van der Waals surface area contributed by atoms with Crippen molar-refractivity contribution in [1.29, 1.82) is 0 Å². The molecule has 1 aromatic heterocycles. The van der Waals surface area contributed by atoms with E-state index in [0.29, 0.717) is 13.2 Å². The van der Waals surface area contributed by atoms with E-state index in [-0.39, 0.29) is 0 Å². The third-order valence-corrected chi connectivity index (χ3v) is 1.97. The summed E-state index contributed by atoms with van der Waals surface area (Å²) in [6.45, 7) is 6.42. The molecule has 0 aliphatic rings. The number of aromatic nitrogens is 2. The van der Waals surface area contributed by atoms with Crippen molar-refractivity contribution in [2.75, 3.05) is 6.61 Å². The topological polar surface area (TPSA) is 67.0 Å². The van der Waals surface area contributed by atoms with E-state index in [1.165, 1.54) is 0 Å². The minimum atomic E-state index is -0.396. The van der Waals surface area contributed by atoms with Crippen molar-refractivity contribution in [3.63, 3.8) is 0 Å². The van der Waals surface area contributed by atoms with E-state index in [2.05, 4.69) is 15.5 Å². The molecule has 78 valence electrons. The maximum Gasteiger partial charge on any atom is 0.407 e. The zero-order valence-corrected chi connectivity index (χ0v) is 8.68. The lowest BCUT2D eigenvalue weighted by molar-refractivity contribution is 0.151. The molecule has 1 amide bonds. The lowest BCUT2D eigenvalue weighted by atomic mass is 10.2. The van der Waals surface area contributed by atoms with Gasteiger partial charge in [-0.15, -0.1) is 0 Å². The minimum Gasteiger partial charge on any atom is -0.450 e. The molecule has 0 saturated heterocycles. The van der Waals surface area contributed by atoms with Crippen LogP contribution < -0.4 is 5.32 Å². The van der Waals surface area contributed by atoms with Gasteiger partial charge in [-0.25, -0.2) is 4.79 Å². The first-order valence-corrected chi connectivity index (χ1v) is 4.56. The van der Waals surface area contributed by atoms with Crippen molar-refractivity contribution in [3.05, 3.63) is 17.0 Å². The van der Waals surface area contributed by atoms with E-state index in [1.807, 2.05) is 13.8 Å². The minimum absolute atomic E-state index is 0.384. The molecule has 0 aromatic carbocycles. The molecule has 1 heterocycles. The van der Waals surface area contributed by atoms with Gasteiger partial charge in [-0.1, -0.05) is 0 Å². The lowest BCUT2D eigenvalue weighted by Gasteiger charge is -2.04. The van der Waals surface area contributed by atoms with Crippen LogP contribution in [0, 0.1) is 13.8 Å². The fourth-order valence-corrected chi connectivity index (χ4v) is 1.18. The molecule has 2 N–H and O–H groups in total. The molecule has 0 unspecified atom stereocenters. The predicted octanol–water partition coefficient (Wildman–Crippen LogP) is 1.27. The second kappa shape index (κ2) is 4.64. The molecule has 0 saturated carbocycles. The van der Waals surface area contributed by atoms with Gasteiger partial charge >= 0.3 is 6.09 Å². The van der Waals surface area contributed by atoms with E-state index in [9.17, 15) is 4.79 Å². The zero-order valence-electron chi connectivity index (χ0n) is 8.68. The van der Waals surface area contributed by atoms with Crippen molar-refractivity contribution in [2.45, 2.75) is 27.3 Å². The van der Waals surface area contributed by atoms with Crippen LogP contribution in [0.25, 0.3) is 0 Å². The summed E-state index contributed by atoms with van der Waals surface area (Å²) in [5, 5.41) is 9.52. The number of hydrogen-bond donors (Lipinski definition) is 2. The third kappa shape index (κ3) is 2.48. The molecule has 0 aliphatic carbocycles. The average molecular weight is 197 g/mol. The van der Waals surface area contributed by atoms with Crippen LogP contribution in [0.4, 0.5) is 4.79 Å². The molecule has 0 aliphatic heterocycles. The number of carbonyl (C=O) groups is 1. The molecule has 0 radical (unpaired) electrons. The van der Waals surface area contributed by atoms with Crippen molar-refractivity contribution < 1.29 is 9.53 Å². The van der Waals surface area contributed by atoms with E-state index in [4.69, 9.17) is 4.74 Å². The highest BCUT2D eigenvalue weighted by Gasteiger charge is 2.07. The number of hydrogen-bond acceptors (Lipinski definition) is 3. The first kappa shape index (κ1) is 10.6. The number of aromatic amines is 1. The van der Waals surface area contributed by atoms with Crippen LogP contribution >= 0.6 is 0 Å². The standard InChI is InChI=1S/C9H15N3O2/c1-4-14-9(13)10-5-8-6(2)11-12-7(8)3/h4-5H2,1-3H3,(H,10,13)(H,11,12). The maximum atomic E-state index is 11.0. The SMILES string of the molecule is CCOC(=O)NCc1c(C)n[nH]c1C. The Morgan fingerprint density at radius 3 is 2.79 bits per heavy atom. The molecule has 0 bridgehead atoms. The monoisotopic (exact) mass is 197 g/mol. The molecular weight excluding hydrogens is 182 g/mol. The van der Waals surface area contributed by atoms with Gasteiger partial charge < -0.3 is 10.1 Å². The van der Waals surface area contributed by atoms with E-state index < -0.39 is 6.09 Å². The summed E-state index contributed by atoms with van der Waals surface area (Å²) in [5.41, 5.74) is 2.89. The summed E-state index contributed by atoms with van der Waals surface area (Å²) in [5.74, 6) is 0. The molecule has 5 heteroatoms. The Kier molecular flexibility index (Phi) is 3.50. The highest BCUT2D eigenvalue weighted by Crippen LogP contribution is 2.08. The van der Waals surface area contributed by atoms with Crippen molar-refractivity contribution >= 4 is 6.09 Å². The number of amides is 1. The maximum absolute atomic E-state index is 11.0.